The Morgan fingerprint density at radius 1 is 1.22 bits per heavy atom. The van der Waals surface area contributed by atoms with E-state index in [0.717, 1.165) is 21.7 Å². The van der Waals surface area contributed by atoms with Crippen LogP contribution in [0.3, 0.4) is 0 Å². The van der Waals surface area contributed by atoms with Gasteiger partial charge in [-0.05, 0) is 26.3 Å². The summed E-state index contributed by atoms with van der Waals surface area (Å²) < 4.78 is 1.50. The maximum Gasteiger partial charge on any atom is 0.271 e. The molecule has 1 N–H and O–H groups in total. The van der Waals surface area contributed by atoms with E-state index in [9.17, 15) is 9.59 Å². The second-order valence-corrected chi connectivity index (χ2v) is 6.69. The molecule has 2 heterocycles. The molecular formula is C17H17N3O2S. The van der Waals surface area contributed by atoms with Crippen LogP contribution in [-0.2, 0) is 6.54 Å². The average Bonchev–Trinajstić information content (AvgIpc) is 2.82. The average molecular weight is 327 g/mol. The molecular weight excluding hydrogens is 310 g/mol. The first-order valence-corrected chi connectivity index (χ1v) is 8.10. The van der Waals surface area contributed by atoms with Crippen LogP contribution in [0.4, 0.5) is 0 Å². The van der Waals surface area contributed by atoms with Crippen molar-refractivity contribution in [3.05, 3.63) is 68.1 Å². The van der Waals surface area contributed by atoms with E-state index in [4.69, 9.17) is 0 Å². The standard InChI is InChI=1S/C17H17N3O2S/c1-10-4-6-13(7-5-10)8-18-15(21)14-9-19-17-20(16(14)22)11(2)12(3)23-17/h4-7,9H,8H2,1-3H3,(H,18,21). The largest absolute Gasteiger partial charge is 0.348 e. The lowest BCUT2D eigenvalue weighted by atomic mass is 10.1. The predicted octanol–water partition coefficient (Wildman–Crippen LogP) is 2.61. The fraction of sp³-hybridized carbons (Fsp3) is 0.235. The van der Waals surface area contributed by atoms with Crippen LogP contribution in [0.1, 0.15) is 32.1 Å². The zero-order valence-corrected chi connectivity index (χ0v) is 14.0. The number of hydrogen-bond acceptors (Lipinski definition) is 4. The zero-order chi connectivity index (χ0) is 16.6. The lowest BCUT2D eigenvalue weighted by Gasteiger charge is -2.06. The molecule has 0 aliphatic heterocycles. The van der Waals surface area contributed by atoms with Crippen LogP contribution in [0, 0.1) is 20.8 Å². The van der Waals surface area contributed by atoms with Crippen LogP contribution >= 0.6 is 11.3 Å². The number of aromatic nitrogens is 2. The van der Waals surface area contributed by atoms with E-state index in [1.165, 1.54) is 21.9 Å². The number of amides is 1. The fourth-order valence-corrected chi connectivity index (χ4v) is 3.24. The number of hydrogen-bond donors (Lipinski definition) is 1. The Balaban J connectivity index is 1.86. The van der Waals surface area contributed by atoms with Gasteiger partial charge in [-0.25, -0.2) is 4.98 Å². The molecule has 0 aliphatic carbocycles. The Morgan fingerprint density at radius 2 is 1.91 bits per heavy atom. The summed E-state index contributed by atoms with van der Waals surface area (Å²) in [4.78, 5) is 30.7. The van der Waals surface area contributed by atoms with Crippen LogP contribution < -0.4 is 10.9 Å². The maximum atomic E-state index is 12.5. The number of aryl methyl sites for hydroxylation is 3. The molecule has 0 saturated heterocycles. The van der Waals surface area contributed by atoms with Crippen molar-refractivity contribution in [2.75, 3.05) is 0 Å². The number of carbonyl (C=O) groups excluding carboxylic acids is 1. The van der Waals surface area contributed by atoms with Crippen LogP contribution in [0.2, 0.25) is 0 Å². The Kier molecular flexibility index (Phi) is 4.00. The number of thiazole rings is 1. The third kappa shape index (κ3) is 2.90. The molecule has 0 spiro atoms. The molecule has 0 radical (unpaired) electrons. The van der Waals surface area contributed by atoms with E-state index in [2.05, 4.69) is 10.3 Å². The first-order valence-electron chi connectivity index (χ1n) is 7.29. The van der Waals surface area contributed by atoms with Crippen molar-refractivity contribution < 1.29 is 4.79 Å². The van der Waals surface area contributed by atoms with Crippen molar-refractivity contribution in [2.45, 2.75) is 27.3 Å². The first-order chi connectivity index (χ1) is 11.0. The number of rotatable bonds is 3. The minimum absolute atomic E-state index is 0.0653. The molecule has 0 fully saturated rings. The van der Waals surface area contributed by atoms with Gasteiger partial charge in [0.15, 0.2) is 4.96 Å². The molecule has 0 bridgehead atoms. The molecule has 1 aromatic carbocycles. The van der Waals surface area contributed by atoms with Crippen LogP contribution in [0.5, 0.6) is 0 Å². The molecule has 5 nitrogen and oxygen atoms in total. The molecule has 0 unspecified atom stereocenters. The van der Waals surface area contributed by atoms with Crippen LogP contribution in [-0.4, -0.2) is 15.3 Å². The SMILES string of the molecule is Cc1ccc(CNC(=O)c2cnc3sc(C)c(C)n3c2=O)cc1. The Morgan fingerprint density at radius 3 is 2.61 bits per heavy atom. The van der Waals surface area contributed by atoms with Crippen molar-refractivity contribution in [3.8, 4) is 0 Å². The van der Waals surface area contributed by atoms with E-state index >= 15 is 0 Å². The summed E-state index contributed by atoms with van der Waals surface area (Å²) in [5, 5.41) is 2.78. The normalized spacial score (nSPS) is 10.9. The summed E-state index contributed by atoms with van der Waals surface area (Å²) >= 11 is 1.45. The quantitative estimate of drug-likeness (QED) is 0.804. The molecule has 0 atom stereocenters. The van der Waals surface area contributed by atoms with Gasteiger partial charge >= 0.3 is 0 Å². The van der Waals surface area contributed by atoms with E-state index in [1.54, 1.807) is 0 Å². The van der Waals surface area contributed by atoms with Crippen LogP contribution in [0.25, 0.3) is 4.96 Å². The van der Waals surface area contributed by atoms with E-state index < -0.39 is 5.91 Å². The summed E-state index contributed by atoms with van der Waals surface area (Å²) in [6, 6.07) is 7.88. The first kappa shape index (κ1) is 15.4. The van der Waals surface area contributed by atoms with Crippen molar-refractivity contribution in [1.29, 1.82) is 0 Å². The van der Waals surface area contributed by atoms with Gasteiger partial charge in [0.2, 0.25) is 0 Å². The van der Waals surface area contributed by atoms with Gasteiger partial charge in [-0.3, -0.25) is 14.0 Å². The topological polar surface area (TPSA) is 63.5 Å². The monoisotopic (exact) mass is 327 g/mol. The summed E-state index contributed by atoms with van der Waals surface area (Å²) in [5.41, 5.74) is 2.72. The molecule has 6 heteroatoms. The van der Waals surface area contributed by atoms with Gasteiger partial charge in [-0.2, -0.15) is 0 Å². The lowest BCUT2D eigenvalue weighted by Crippen LogP contribution is -2.31. The van der Waals surface area contributed by atoms with Crippen molar-refractivity contribution in [3.63, 3.8) is 0 Å². The van der Waals surface area contributed by atoms with E-state index in [0.29, 0.717) is 11.5 Å². The highest BCUT2D eigenvalue weighted by molar-refractivity contribution is 7.17. The summed E-state index contributed by atoms with van der Waals surface area (Å²) in [6.07, 6.45) is 1.36. The van der Waals surface area contributed by atoms with Gasteiger partial charge < -0.3 is 5.32 Å². The lowest BCUT2D eigenvalue weighted by molar-refractivity contribution is 0.0949. The highest BCUT2D eigenvalue weighted by Crippen LogP contribution is 2.18. The molecule has 2 aromatic heterocycles. The number of benzene rings is 1. The number of carbonyl (C=O) groups is 1. The highest BCUT2D eigenvalue weighted by atomic mass is 32.1. The van der Waals surface area contributed by atoms with Crippen molar-refractivity contribution >= 4 is 22.2 Å². The van der Waals surface area contributed by atoms with Gasteiger partial charge in [0.25, 0.3) is 11.5 Å². The molecule has 0 aliphatic rings. The highest BCUT2D eigenvalue weighted by Gasteiger charge is 2.16. The summed E-state index contributed by atoms with van der Waals surface area (Å²) in [6.45, 7) is 6.18. The summed E-state index contributed by atoms with van der Waals surface area (Å²) in [7, 11) is 0. The van der Waals surface area contributed by atoms with E-state index in [-0.39, 0.29) is 11.1 Å². The third-order valence-electron chi connectivity index (χ3n) is 3.84. The minimum Gasteiger partial charge on any atom is -0.348 e. The van der Waals surface area contributed by atoms with Gasteiger partial charge in [-0.1, -0.05) is 29.8 Å². The molecule has 3 rings (SSSR count). The molecule has 1 amide bonds. The van der Waals surface area contributed by atoms with Crippen LogP contribution in [0.15, 0.2) is 35.3 Å². The molecule has 3 aromatic rings. The Labute approximate surface area is 137 Å². The minimum atomic E-state index is -0.402. The molecule has 0 saturated carbocycles. The third-order valence-corrected chi connectivity index (χ3v) is 4.91. The molecule has 118 valence electrons. The number of nitrogens with zero attached hydrogens (tertiary/aromatic N) is 2. The van der Waals surface area contributed by atoms with Gasteiger partial charge in [0.1, 0.15) is 5.56 Å². The smallest absolute Gasteiger partial charge is 0.271 e. The second kappa shape index (κ2) is 5.96. The maximum absolute atomic E-state index is 12.5. The Hall–Kier alpha value is -2.47. The second-order valence-electron chi connectivity index (χ2n) is 5.51. The van der Waals surface area contributed by atoms with Gasteiger partial charge in [-0.15, -0.1) is 11.3 Å². The van der Waals surface area contributed by atoms with Crippen molar-refractivity contribution in [1.82, 2.24) is 14.7 Å². The zero-order valence-electron chi connectivity index (χ0n) is 13.2. The predicted molar refractivity (Wildman–Crippen MR) is 91.2 cm³/mol. The number of fused-ring (bicyclic) bond motifs is 1. The van der Waals surface area contributed by atoms with E-state index in [1.807, 2.05) is 45.0 Å². The summed E-state index contributed by atoms with van der Waals surface area (Å²) in [5.74, 6) is -0.402. The Bertz CT molecular complexity index is 939. The van der Waals surface area contributed by atoms with Gasteiger partial charge in [0.05, 0.1) is 0 Å². The van der Waals surface area contributed by atoms with Gasteiger partial charge in [0, 0.05) is 23.3 Å². The molecule has 23 heavy (non-hydrogen) atoms. The fourth-order valence-electron chi connectivity index (χ4n) is 2.32. The van der Waals surface area contributed by atoms with Crippen molar-refractivity contribution in [2.24, 2.45) is 0 Å². The number of nitrogens with one attached hydrogen (secondary N) is 1.